The van der Waals surface area contributed by atoms with Gasteiger partial charge in [-0.15, -0.1) is 0 Å². The van der Waals surface area contributed by atoms with Gasteiger partial charge in [-0.2, -0.15) is 0 Å². The molecule has 0 amide bonds. The molecule has 0 saturated heterocycles. The van der Waals surface area contributed by atoms with Crippen molar-refractivity contribution in [3.63, 3.8) is 0 Å². The van der Waals surface area contributed by atoms with E-state index in [1.165, 1.54) is 77.0 Å². The maximum Gasteiger partial charge on any atom is 0.306 e. The first kappa shape index (κ1) is 60.1. The topological polar surface area (TPSA) is 78.9 Å². The molecule has 0 aliphatic heterocycles. The predicted octanol–water partition coefficient (Wildman–Crippen LogP) is 17.1. The highest BCUT2D eigenvalue weighted by Crippen LogP contribution is 2.12. The van der Waals surface area contributed by atoms with E-state index in [1.807, 2.05) is 6.08 Å². The van der Waals surface area contributed by atoms with Crippen molar-refractivity contribution in [1.82, 2.24) is 0 Å². The molecule has 0 aliphatic carbocycles. The molecule has 0 N–H and O–H groups in total. The Bertz CT molecular complexity index is 1340. The third-order valence-electron chi connectivity index (χ3n) is 10.5. The van der Waals surface area contributed by atoms with Crippen molar-refractivity contribution in [3.8, 4) is 0 Å². The second-order valence-corrected chi connectivity index (χ2v) is 16.7. The highest BCUT2D eigenvalue weighted by atomic mass is 16.6. The van der Waals surface area contributed by atoms with Crippen molar-refractivity contribution < 1.29 is 28.6 Å². The Morgan fingerprint density at radius 2 is 0.656 bits per heavy atom. The summed E-state index contributed by atoms with van der Waals surface area (Å²) in [7, 11) is 0. The third kappa shape index (κ3) is 49.1. The molecule has 0 aromatic carbocycles. The number of hydrogen-bond acceptors (Lipinski definition) is 6. The van der Waals surface area contributed by atoms with Crippen LogP contribution >= 0.6 is 0 Å². The zero-order valence-electron chi connectivity index (χ0n) is 41.3. The lowest BCUT2D eigenvalue weighted by Gasteiger charge is -2.18. The minimum Gasteiger partial charge on any atom is -0.462 e. The van der Waals surface area contributed by atoms with Crippen molar-refractivity contribution >= 4 is 17.9 Å². The molecule has 0 spiro atoms. The van der Waals surface area contributed by atoms with Gasteiger partial charge >= 0.3 is 17.9 Å². The highest BCUT2D eigenvalue weighted by Gasteiger charge is 2.19. The Morgan fingerprint density at radius 1 is 0.328 bits per heavy atom. The van der Waals surface area contributed by atoms with E-state index in [1.54, 1.807) is 0 Å². The summed E-state index contributed by atoms with van der Waals surface area (Å²) in [5, 5.41) is 0. The fraction of sp³-hybridized carbons (Fsp3) is 0.638. The molecule has 1 atom stereocenters. The van der Waals surface area contributed by atoms with Crippen LogP contribution in [0.4, 0.5) is 0 Å². The van der Waals surface area contributed by atoms with Crippen LogP contribution < -0.4 is 0 Å². The van der Waals surface area contributed by atoms with Crippen molar-refractivity contribution in [2.45, 2.75) is 226 Å². The van der Waals surface area contributed by atoms with Crippen LogP contribution in [0.1, 0.15) is 220 Å². The maximum absolute atomic E-state index is 12.8. The van der Waals surface area contributed by atoms with Crippen LogP contribution in [0.3, 0.4) is 0 Å². The van der Waals surface area contributed by atoms with Crippen LogP contribution in [0.25, 0.3) is 0 Å². The molecule has 0 rings (SSSR count). The Labute approximate surface area is 393 Å². The van der Waals surface area contributed by atoms with Crippen LogP contribution in [0.15, 0.2) is 109 Å². The molecular weight excluding hydrogens is 793 g/mol. The van der Waals surface area contributed by atoms with E-state index in [2.05, 4.69) is 124 Å². The molecule has 0 aromatic rings. The van der Waals surface area contributed by atoms with E-state index in [9.17, 15) is 14.4 Å². The summed E-state index contributed by atoms with van der Waals surface area (Å²) in [4.78, 5) is 37.9. The molecule has 362 valence electrons. The Hall–Kier alpha value is -3.93. The minimum atomic E-state index is -0.831. The van der Waals surface area contributed by atoms with Crippen molar-refractivity contribution in [3.05, 3.63) is 109 Å². The van der Waals surface area contributed by atoms with E-state index >= 15 is 0 Å². The van der Waals surface area contributed by atoms with Crippen LogP contribution in [-0.2, 0) is 28.6 Å². The molecule has 0 saturated carbocycles. The fourth-order valence-electron chi connectivity index (χ4n) is 6.62. The normalized spacial score (nSPS) is 13.0. The van der Waals surface area contributed by atoms with Crippen LogP contribution in [0.2, 0.25) is 0 Å². The maximum atomic E-state index is 12.8. The van der Waals surface area contributed by atoms with Gasteiger partial charge in [0.15, 0.2) is 6.10 Å². The molecule has 0 bridgehead atoms. The van der Waals surface area contributed by atoms with Gasteiger partial charge < -0.3 is 14.2 Å². The molecule has 0 fully saturated rings. The summed E-state index contributed by atoms with van der Waals surface area (Å²) in [6.45, 7) is 6.36. The standard InChI is InChI=1S/C58H94O6/c1-4-7-10-13-16-19-22-25-27-29-31-33-36-39-42-45-48-51-57(60)63-54-55(53-62-56(59)50-47-44-41-38-35-32-24-21-18-15-12-9-6-3)64-58(61)52-49-46-43-40-37-34-30-28-26-23-20-17-14-11-8-5-2/h8,11,16-17,19-20,25-28,31-33,35,39,41-42,44,55H,4-7,9-10,12-15,18,21-24,29-30,34,36-38,40,43,45-54H2,1-3H3/b11-8-,19-16-,20-17-,27-25-,28-26-,33-31-,35-32-,42-39-,44-41-. The predicted molar refractivity (Wildman–Crippen MR) is 274 cm³/mol. The molecule has 1 unspecified atom stereocenters. The second kappa shape index (κ2) is 51.7. The quantitative estimate of drug-likeness (QED) is 0.0262. The number of hydrogen-bond donors (Lipinski definition) is 0. The van der Waals surface area contributed by atoms with Gasteiger partial charge in [-0.05, 0) is 109 Å². The Balaban J connectivity index is 4.57. The average Bonchev–Trinajstić information content (AvgIpc) is 3.29. The van der Waals surface area contributed by atoms with E-state index < -0.39 is 6.10 Å². The van der Waals surface area contributed by atoms with Crippen LogP contribution in [0.5, 0.6) is 0 Å². The lowest BCUT2D eigenvalue weighted by Crippen LogP contribution is -2.30. The summed E-state index contributed by atoms with van der Waals surface area (Å²) < 4.78 is 16.7. The van der Waals surface area contributed by atoms with Crippen molar-refractivity contribution in [1.29, 1.82) is 0 Å². The van der Waals surface area contributed by atoms with E-state index in [0.717, 1.165) is 89.9 Å². The third-order valence-corrected chi connectivity index (χ3v) is 10.5. The molecule has 6 nitrogen and oxygen atoms in total. The first-order valence-corrected chi connectivity index (χ1v) is 25.9. The number of carbonyl (C=O) groups excluding carboxylic acids is 3. The Morgan fingerprint density at radius 3 is 1.12 bits per heavy atom. The first-order chi connectivity index (χ1) is 31.5. The summed E-state index contributed by atoms with van der Waals surface area (Å²) >= 11 is 0. The van der Waals surface area contributed by atoms with Crippen LogP contribution in [0, 0.1) is 0 Å². The van der Waals surface area contributed by atoms with Gasteiger partial charge in [0.2, 0.25) is 0 Å². The summed E-state index contributed by atoms with van der Waals surface area (Å²) in [6, 6.07) is 0. The monoisotopic (exact) mass is 887 g/mol. The number of allylic oxidation sites excluding steroid dienone is 18. The number of carbonyl (C=O) groups is 3. The number of esters is 3. The van der Waals surface area contributed by atoms with E-state index in [4.69, 9.17) is 14.2 Å². The van der Waals surface area contributed by atoms with Gasteiger partial charge in [-0.25, -0.2) is 0 Å². The SMILES string of the molecule is CC/C=C\C/C=C\C/C=C\CCCCCCCCC(=O)OC(COC(=O)CC/C=C\C/C=C\CCCCCCCC)COC(=O)CCC/C=C\C/C=C\C/C=C\C/C=C\CCCCC. The summed E-state index contributed by atoms with van der Waals surface area (Å²) in [6.07, 6.45) is 69.4. The first-order valence-electron chi connectivity index (χ1n) is 25.9. The van der Waals surface area contributed by atoms with Crippen LogP contribution in [-0.4, -0.2) is 37.2 Å². The fourth-order valence-corrected chi connectivity index (χ4v) is 6.62. The van der Waals surface area contributed by atoms with Crippen molar-refractivity contribution in [2.24, 2.45) is 0 Å². The molecule has 64 heavy (non-hydrogen) atoms. The molecule has 0 aromatic heterocycles. The molecule has 0 radical (unpaired) electrons. The van der Waals surface area contributed by atoms with Gasteiger partial charge in [-0.1, -0.05) is 201 Å². The number of ether oxygens (including phenoxy) is 3. The van der Waals surface area contributed by atoms with E-state index in [0.29, 0.717) is 12.8 Å². The Kier molecular flexibility index (Phi) is 48.5. The number of unbranched alkanes of at least 4 members (excludes halogenated alkanes) is 16. The second-order valence-electron chi connectivity index (χ2n) is 16.7. The minimum absolute atomic E-state index is 0.131. The van der Waals surface area contributed by atoms with Gasteiger partial charge in [0.1, 0.15) is 13.2 Å². The molecule has 6 heteroatoms. The lowest BCUT2D eigenvalue weighted by atomic mass is 10.1. The van der Waals surface area contributed by atoms with Gasteiger partial charge in [0, 0.05) is 19.3 Å². The largest absolute Gasteiger partial charge is 0.462 e. The smallest absolute Gasteiger partial charge is 0.306 e. The van der Waals surface area contributed by atoms with Gasteiger partial charge in [0.25, 0.3) is 0 Å². The van der Waals surface area contributed by atoms with E-state index in [-0.39, 0.29) is 50.4 Å². The molecule has 0 heterocycles. The molecular formula is C58H94O6. The van der Waals surface area contributed by atoms with Crippen molar-refractivity contribution in [2.75, 3.05) is 13.2 Å². The zero-order valence-corrected chi connectivity index (χ0v) is 41.3. The summed E-state index contributed by atoms with van der Waals surface area (Å²) in [5.41, 5.74) is 0. The van der Waals surface area contributed by atoms with Gasteiger partial charge in [-0.3, -0.25) is 14.4 Å². The zero-order chi connectivity index (χ0) is 46.5. The lowest BCUT2D eigenvalue weighted by molar-refractivity contribution is -0.166. The highest BCUT2D eigenvalue weighted by molar-refractivity contribution is 5.71. The van der Waals surface area contributed by atoms with Gasteiger partial charge in [0.05, 0.1) is 0 Å². The molecule has 0 aliphatic rings. The summed E-state index contributed by atoms with van der Waals surface area (Å²) in [5.74, 6) is -1.07. The number of rotatable bonds is 45. The average molecular weight is 887 g/mol.